The SMILES string of the molecule is CCOc1ccc(N2C[C@H](C(=O)Nc3ccc(C)cn3)CC2=O)cc1. The van der Waals surface area contributed by atoms with Gasteiger partial charge in [-0.15, -0.1) is 0 Å². The molecule has 1 aromatic heterocycles. The monoisotopic (exact) mass is 339 g/mol. The number of rotatable bonds is 5. The topological polar surface area (TPSA) is 71.5 Å². The molecule has 0 spiro atoms. The fraction of sp³-hybridized carbons (Fsp3) is 0.316. The van der Waals surface area contributed by atoms with Crippen LogP contribution in [-0.4, -0.2) is 29.9 Å². The van der Waals surface area contributed by atoms with Gasteiger partial charge in [-0.1, -0.05) is 6.07 Å². The number of amides is 2. The average molecular weight is 339 g/mol. The smallest absolute Gasteiger partial charge is 0.230 e. The number of nitrogens with one attached hydrogen (secondary N) is 1. The van der Waals surface area contributed by atoms with Crippen molar-refractivity contribution >= 4 is 23.3 Å². The normalized spacial score (nSPS) is 16.8. The number of aryl methyl sites for hydroxylation is 1. The molecule has 0 aliphatic carbocycles. The van der Waals surface area contributed by atoms with Crippen molar-refractivity contribution in [1.29, 1.82) is 0 Å². The molecule has 1 atom stereocenters. The maximum atomic E-state index is 12.4. The molecule has 1 aliphatic heterocycles. The van der Waals surface area contributed by atoms with E-state index in [-0.39, 0.29) is 24.2 Å². The molecule has 1 aliphatic rings. The van der Waals surface area contributed by atoms with Crippen LogP contribution in [0.15, 0.2) is 42.6 Å². The Morgan fingerprint density at radius 1 is 1.28 bits per heavy atom. The number of aromatic nitrogens is 1. The molecule has 2 amide bonds. The third-order valence-electron chi connectivity index (χ3n) is 4.12. The highest BCUT2D eigenvalue weighted by Gasteiger charge is 2.35. The first-order valence-electron chi connectivity index (χ1n) is 8.33. The lowest BCUT2D eigenvalue weighted by Crippen LogP contribution is -2.28. The largest absolute Gasteiger partial charge is 0.494 e. The lowest BCUT2D eigenvalue weighted by Gasteiger charge is -2.17. The van der Waals surface area contributed by atoms with Crippen LogP contribution >= 0.6 is 0 Å². The number of anilines is 2. The summed E-state index contributed by atoms with van der Waals surface area (Å²) in [5.74, 6) is 0.640. The summed E-state index contributed by atoms with van der Waals surface area (Å²) in [5, 5.41) is 2.78. The molecule has 1 fully saturated rings. The Morgan fingerprint density at radius 3 is 2.68 bits per heavy atom. The Hall–Kier alpha value is -2.89. The molecule has 0 bridgehead atoms. The molecule has 130 valence electrons. The first kappa shape index (κ1) is 17.0. The van der Waals surface area contributed by atoms with Gasteiger partial charge in [0.2, 0.25) is 11.8 Å². The van der Waals surface area contributed by atoms with Gasteiger partial charge in [-0.3, -0.25) is 9.59 Å². The summed E-state index contributed by atoms with van der Waals surface area (Å²) in [6.07, 6.45) is 1.90. The van der Waals surface area contributed by atoms with E-state index < -0.39 is 0 Å². The average Bonchev–Trinajstić information content (AvgIpc) is 3.00. The molecular formula is C19H21N3O3. The third kappa shape index (κ3) is 3.96. The Morgan fingerprint density at radius 2 is 2.04 bits per heavy atom. The molecule has 1 N–H and O–H groups in total. The lowest BCUT2D eigenvalue weighted by molar-refractivity contribution is -0.122. The van der Waals surface area contributed by atoms with Crippen LogP contribution < -0.4 is 15.0 Å². The van der Waals surface area contributed by atoms with E-state index in [4.69, 9.17) is 4.74 Å². The second kappa shape index (κ2) is 7.34. The molecule has 1 saturated heterocycles. The number of pyridine rings is 1. The second-order valence-corrected chi connectivity index (χ2v) is 6.04. The molecule has 0 unspecified atom stereocenters. The van der Waals surface area contributed by atoms with Crippen LogP contribution in [0.4, 0.5) is 11.5 Å². The predicted molar refractivity (Wildman–Crippen MR) is 95.7 cm³/mol. The molecule has 0 saturated carbocycles. The molecule has 25 heavy (non-hydrogen) atoms. The van der Waals surface area contributed by atoms with Crippen molar-refractivity contribution in [2.24, 2.45) is 5.92 Å². The van der Waals surface area contributed by atoms with Crippen molar-refractivity contribution < 1.29 is 14.3 Å². The molecular weight excluding hydrogens is 318 g/mol. The standard InChI is InChI=1S/C19H21N3O3/c1-3-25-16-7-5-15(6-8-16)22-12-14(10-18(22)23)19(24)21-17-9-4-13(2)11-20-17/h4-9,11,14H,3,10,12H2,1-2H3,(H,20,21,24)/t14-/m1/s1. The van der Waals surface area contributed by atoms with Crippen LogP contribution in [0.2, 0.25) is 0 Å². The van der Waals surface area contributed by atoms with E-state index in [0.717, 1.165) is 17.0 Å². The van der Waals surface area contributed by atoms with Crippen LogP contribution in [-0.2, 0) is 9.59 Å². The predicted octanol–water partition coefficient (Wildman–Crippen LogP) is 2.78. The Balaban J connectivity index is 1.65. The zero-order valence-electron chi connectivity index (χ0n) is 14.4. The van der Waals surface area contributed by atoms with Gasteiger partial charge in [-0.25, -0.2) is 4.98 Å². The van der Waals surface area contributed by atoms with Gasteiger partial charge >= 0.3 is 0 Å². The number of ether oxygens (including phenoxy) is 1. The van der Waals surface area contributed by atoms with Crippen molar-refractivity contribution in [2.75, 3.05) is 23.4 Å². The summed E-state index contributed by atoms with van der Waals surface area (Å²) in [7, 11) is 0. The number of hydrogen-bond donors (Lipinski definition) is 1. The summed E-state index contributed by atoms with van der Waals surface area (Å²) in [6, 6.07) is 11.0. The number of benzene rings is 1. The summed E-state index contributed by atoms with van der Waals surface area (Å²) >= 11 is 0. The van der Waals surface area contributed by atoms with Gasteiger partial charge in [0, 0.05) is 24.8 Å². The molecule has 2 aromatic rings. The number of carbonyl (C=O) groups is 2. The fourth-order valence-electron chi connectivity index (χ4n) is 2.79. The highest BCUT2D eigenvalue weighted by Crippen LogP contribution is 2.27. The van der Waals surface area contributed by atoms with Gasteiger partial charge in [-0.2, -0.15) is 0 Å². The van der Waals surface area contributed by atoms with E-state index in [9.17, 15) is 9.59 Å². The van der Waals surface area contributed by atoms with Crippen LogP contribution in [0.25, 0.3) is 0 Å². The van der Waals surface area contributed by atoms with E-state index in [1.807, 2.05) is 44.2 Å². The Labute approximate surface area is 146 Å². The van der Waals surface area contributed by atoms with Crippen LogP contribution in [0.5, 0.6) is 5.75 Å². The van der Waals surface area contributed by atoms with E-state index in [1.54, 1.807) is 17.2 Å². The number of hydrogen-bond acceptors (Lipinski definition) is 4. The molecule has 6 nitrogen and oxygen atoms in total. The van der Waals surface area contributed by atoms with Crippen molar-refractivity contribution in [3.63, 3.8) is 0 Å². The maximum absolute atomic E-state index is 12.4. The van der Waals surface area contributed by atoms with Crippen LogP contribution in [0.3, 0.4) is 0 Å². The lowest BCUT2D eigenvalue weighted by atomic mass is 10.1. The van der Waals surface area contributed by atoms with Gasteiger partial charge in [-0.05, 0) is 49.7 Å². The van der Waals surface area contributed by atoms with E-state index in [0.29, 0.717) is 19.0 Å². The van der Waals surface area contributed by atoms with Gasteiger partial charge in [0.05, 0.1) is 12.5 Å². The first-order chi connectivity index (χ1) is 12.1. The third-order valence-corrected chi connectivity index (χ3v) is 4.12. The molecule has 2 heterocycles. The minimum absolute atomic E-state index is 0.0545. The van der Waals surface area contributed by atoms with Gasteiger partial charge < -0.3 is 15.0 Å². The van der Waals surface area contributed by atoms with Crippen LogP contribution in [0, 0.1) is 12.8 Å². The summed E-state index contributed by atoms with van der Waals surface area (Å²) in [6.45, 7) is 4.81. The maximum Gasteiger partial charge on any atom is 0.230 e. The molecule has 0 radical (unpaired) electrons. The zero-order chi connectivity index (χ0) is 17.8. The quantitative estimate of drug-likeness (QED) is 0.909. The highest BCUT2D eigenvalue weighted by molar-refractivity contribution is 6.03. The number of carbonyl (C=O) groups excluding carboxylic acids is 2. The minimum Gasteiger partial charge on any atom is -0.494 e. The second-order valence-electron chi connectivity index (χ2n) is 6.04. The minimum atomic E-state index is -0.387. The summed E-state index contributed by atoms with van der Waals surface area (Å²) < 4.78 is 5.41. The Kier molecular flexibility index (Phi) is 4.97. The highest BCUT2D eigenvalue weighted by atomic mass is 16.5. The zero-order valence-corrected chi connectivity index (χ0v) is 14.4. The first-order valence-corrected chi connectivity index (χ1v) is 8.33. The van der Waals surface area contributed by atoms with E-state index >= 15 is 0 Å². The van der Waals surface area contributed by atoms with Gasteiger partial charge in [0.15, 0.2) is 0 Å². The van der Waals surface area contributed by atoms with Crippen molar-refractivity contribution in [1.82, 2.24) is 4.98 Å². The molecule has 1 aromatic carbocycles. The van der Waals surface area contributed by atoms with Gasteiger partial charge in [0.1, 0.15) is 11.6 Å². The summed E-state index contributed by atoms with van der Waals surface area (Å²) in [4.78, 5) is 30.5. The van der Waals surface area contributed by atoms with Crippen molar-refractivity contribution in [3.05, 3.63) is 48.2 Å². The van der Waals surface area contributed by atoms with E-state index in [1.165, 1.54) is 0 Å². The van der Waals surface area contributed by atoms with Crippen LogP contribution in [0.1, 0.15) is 18.9 Å². The molecule has 6 heteroatoms. The van der Waals surface area contributed by atoms with Crippen molar-refractivity contribution in [3.8, 4) is 5.75 Å². The Bertz CT molecular complexity index is 756. The van der Waals surface area contributed by atoms with E-state index in [2.05, 4.69) is 10.3 Å². The summed E-state index contributed by atoms with van der Waals surface area (Å²) in [5.41, 5.74) is 1.80. The fourth-order valence-corrected chi connectivity index (χ4v) is 2.79. The molecule has 3 rings (SSSR count). The number of nitrogens with zero attached hydrogens (tertiary/aromatic N) is 2. The van der Waals surface area contributed by atoms with Crippen molar-refractivity contribution in [2.45, 2.75) is 20.3 Å². The van der Waals surface area contributed by atoms with Gasteiger partial charge in [0.25, 0.3) is 0 Å².